The number of aliphatic hydroxyl groups is 1. The molecule has 0 spiro atoms. The predicted molar refractivity (Wildman–Crippen MR) is 139 cm³/mol. The fraction of sp³-hybridized carbons (Fsp3) is 0.429. The van der Waals surface area contributed by atoms with Crippen LogP contribution >= 0.6 is 11.6 Å². The van der Waals surface area contributed by atoms with Crippen molar-refractivity contribution < 1.29 is 15.0 Å². The number of halogens is 1. The second-order valence-electron chi connectivity index (χ2n) is 10.0. The van der Waals surface area contributed by atoms with Gasteiger partial charge in [-0.1, -0.05) is 38.4 Å². The van der Waals surface area contributed by atoms with E-state index in [2.05, 4.69) is 17.2 Å². The average Bonchev–Trinajstić information content (AvgIpc) is 2.81. The number of pyridine rings is 1. The first kappa shape index (κ1) is 24.5. The van der Waals surface area contributed by atoms with Crippen LogP contribution in [0, 0.1) is 11.8 Å². The lowest BCUT2D eigenvalue weighted by atomic mass is 9.87. The van der Waals surface area contributed by atoms with Crippen LogP contribution in [-0.4, -0.2) is 27.0 Å². The number of hydrogen-bond donors (Lipinski definition) is 3. The molecule has 1 saturated carbocycles. The van der Waals surface area contributed by atoms with E-state index >= 15 is 0 Å². The highest BCUT2D eigenvalue weighted by Gasteiger charge is 2.23. The van der Waals surface area contributed by atoms with Crippen molar-refractivity contribution in [3.8, 4) is 16.9 Å². The zero-order valence-corrected chi connectivity index (χ0v) is 20.8. The van der Waals surface area contributed by atoms with E-state index in [0.717, 1.165) is 46.5 Å². The summed E-state index contributed by atoms with van der Waals surface area (Å²) >= 11 is 6.22. The van der Waals surface area contributed by atoms with Crippen molar-refractivity contribution in [3.05, 3.63) is 52.7 Å². The summed E-state index contributed by atoms with van der Waals surface area (Å²) in [6, 6.07) is 9.65. The number of phenols is 1. The molecule has 0 bridgehead atoms. The van der Waals surface area contributed by atoms with Gasteiger partial charge in [0.15, 0.2) is 5.78 Å². The third-order valence-electron chi connectivity index (χ3n) is 6.77. The molecule has 5 nitrogen and oxygen atoms in total. The van der Waals surface area contributed by atoms with Gasteiger partial charge in [-0.2, -0.15) is 0 Å². The number of carbonyl (C=O) groups is 1. The number of aliphatic hydroxyl groups excluding tert-OH is 1. The second-order valence-corrected chi connectivity index (χ2v) is 10.4. The molecule has 4 rings (SSSR count). The van der Waals surface area contributed by atoms with Gasteiger partial charge in [0.1, 0.15) is 5.75 Å². The maximum absolute atomic E-state index is 13.2. The number of Topliss-reactive ketones (excluding diaryl/α,β-unsaturated/α-hetero) is 1. The molecule has 34 heavy (non-hydrogen) atoms. The van der Waals surface area contributed by atoms with Gasteiger partial charge in [0.05, 0.1) is 28.4 Å². The van der Waals surface area contributed by atoms with Gasteiger partial charge in [-0.25, -0.2) is 0 Å². The molecule has 0 saturated heterocycles. The van der Waals surface area contributed by atoms with Crippen molar-refractivity contribution in [2.45, 2.75) is 65.5 Å². The smallest absolute Gasteiger partial charge is 0.166 e. The van der Waals surface area contributed by atoms with Gasteiger partial charge in [0.25, 0.3) is 0 Å². The number of benzene rings is 2. The quantitative estimate of drug-likeness (QED) is 0.318. The fourth-order valence-corrected chi connectivity index (χ4v) is 5.01. The molecule has 0 amide bonds. The van der Waals surface area contributed by atoms with E-state index < -0.39 is 0 Å². The summed E-state index contributed by atoms with van der Waals surface area (Å²) < 4.78 is 0. The summed E-state index contributed by atoms with van der Waals surface area (Å²) in [5, 5.41) is 24.5. The van der Waals surface area contributed by atoms with Crippen molar-refractivity contribution in [1.82, 2.24) is 4.98 Å². The maximum atomic E-state index is 13.2. The molecule has 0 radical (unpaired) electrons. The zero-order chi connectivity index (χ0) is 24.4. The number of fused-ring (bicyclic) bond motifs is 1. The Balaban J connectivity index is 1.83. The van der Waals surface area contributed by atoms with Gasteiger partial charge in [-0.05, 0) is 72.9 Å². The van der Waals surface area contributed by atoms with Crippen LogP contribution in [0.4, 0.5) is 5.69 Å². The van der Waals surface area contributed by atoms with Crippen LogP contribution in [0.15, 0.2) is 36.5 Å². The zero-order valence-electron chi connectivity index (χ0n) is 20.1. The molecule has 0 unspecified atom stereocenters. The Bertz CT molecular complexity index is 1200. The molecule has 1 aliphatic rings. The largest absolute Gasteiger partial charge is 0.506 e. The van der Waals surface area contributed by atoms with Crippen LogP contribution in [0.5, 0.6) is 5.75 Å². The molecule has 3 aromatic rings. The van der Waals surface area contributed by atoms with Crippen molar-refractivity contribution >= 4 is 34.0 Å². The van der Waals surface area contributed by atoms with Crippen molar-refractivity contribution in [1.29, 1.82) is 0 Å². The lowest BCUT2D eigenvalue weighted by molar-refractivity contribution is 0.0968. The molecule has 3 N–H and O–H groups in total. The van der Waals surface area contributed by atoms with E-state index in [0.29, 0.717) is 23.6 Å². The van der Waals surface area contributed by atoms with E-state index in [1.54, 1.807) is 18.3 Å². The Labute approximate surface area is 206 Å². The molecule has 1 heterocycles. The van der Waals surface area contributed by atoms with Gasteiger partial charge in [0, 0.05) is 29.6 Å². The van der Waals surface area contributed by atoms with E-state index in [1.165, 1.54) is 12.8 Å². The number of carbonyl (C=O) groups excluding carboxylic acids is 1. The van der Waals surface area contributed by atoms with Gasteiger partial charge in [-0.15, -0.1) is 0 Å². The second kappa shape index (κ2) is 10.3. The number of anilines is 1. The summed E-state index contributed by atoms with van der Waals surface area (Å²) in [5.74, 6) is 0.984. The Morgan fingerprint density at radius 3 is 2.56 bits per heavy atom. The van der Waals surface area contributed by atoms with E-state index in [4.69, 9.17) is 11.6 Å². The SMILES string of the molecule is CC(C)CC(=O)c1cnc2ccc(-c3cc(Cl)c(O)c(CO)c3)cc2c1N[C@H]1CC[C@H](C)CC1. The Hall–Kier alpha value is -2.63. The molecule has 1 fully saturated rings. The van der Waals surface area contributed by atoms with Crippen LogP contribution in [0.1, 0.15) is 68.8 Å². The van der Waals surface area contributed by atoms with Gasteiger partial charge in [-0.3, -0.25) is 9.78 Å². The van der Waals surface area contributed by atoms with Gasteiger partial charge < -0.3 is 15.5 Å². The lowest BCUT2D eigenvalue weighted by Gasteiger charge is -2.29. The molecule has 2 aromatic carbocycles. The van der Waals surface area contributed by atoms with Crippen LogP contribution in [0.25, 0.3) is 22.0 Å². The highest BCUT2D eigenvalue weighted by Crippen LogP contribution is 2.37. The Morgan fingerprint density at radius 2 is 1.88 bits per heavy atom. The summed E-state index contributed by atoms with van der Waals surface area (Å²) in [4.78, 5) is 17.8. The minimum absolute atomic E-state index is 0.0942. The molecule has 0 atom stereocenters. The number of nitrogens with one attached hydrogen (secondary N) is 1. The standard InChI is InChI=1S/C28H33ClN2O3/c1-16(2)10-26(33)23-14-30-25-9-6-18(19-11-20(15-32)28(34)24(29)13-19)12-22(25)27(23)31-21-7-4-17(3)5-8-21/h6,9,11-14,16-17,21,32,34H,4-5,7-8,10,15H2,1-3H3,(H,30,31)/t17-,21-. The minimum atomic E-state index is -0.310. The Kier molecular flexibility index (Phi) is 7.44. The first-order valence-electron chi connectivity index (χ1n) is 12.1. The summed E-state index contributed by atoms with van der Waals surface area (Å²) in [7, 11) is 0. The highest BCUT2D eigenvalue weighted by atomic mass is 35.5. The van der Waals surface area contributed by atoms with Gasteiger partial charge in [0.2, 0.25) is 0 Å². The summed E-state index contributed by atoms with van der Waals surface area (Å²) in [6.07, 6.45) is 6.69. The minimum Gasteiger partial charge on any atom is -0.506 e. The number of rotatable bonds is 7. The highest BCUT2D eigenvalue weighted by molar-refractivity contribution is 6.32. The normalized spacial score (nSPS) is 18.4. The lowest BCUT2D eigenvalue weighted by Crippen LogP contribution is -2.26. The van der Waals surface area contributed by atoms with Crippen molar-refractivity contribution in [3.63, 3.8) is 0 Å². The summed E-state index contributed by atoms with van der Waals surface area (Å²) in [6.45, 7) is 6.08. The van der Waals surface area contributed by atoms with Crippen LogP contribution in [0.2, 0.25) is 5.02 Å². The molecule has 6 heteroatoms. The molecule has 1 aromatic heterocycles. The molecule has 180 valence electrons. The monoisotopic (exact) mass is 480 g/mol. The topological polar surface area (TPSA) is 82.5 Å². The number of hydrogen-bond acceptors (Lipinski definition) is 5. The third-order valence-corrected chi connectivity index (χ3v) is 7.06. The molecular formula is C28H33ClN2O3. The van der Waals surface area contributed by atoms with Crippen LogP contribution in [0.3, 0.4) is 0 Å². The molecular weight excluding hydrogens is 448 g/mol. The van der Waals surface area contributed by atoms with Gasteiger partial charge >= 0.3 is 0 Å². The van der Waals surface area contributed by atoms with E-state index in [1.807, 2.05) is 32.0 Å². The Morgan fingerprint density at radius 1 is 1.15 bits per heavy atom. The van der Waals surface area contributed by atoms with E-state index in [9.17, 15) is 15.0 Å². The number of aromatic hydroxyl groups is 1. The fourth-order valence-electron chi connectivity index (χ4n) is 4.77. The van der Waals surface area contributed by atoms with Crippen molar-refractivity contribution in [2.24, 2.45) is 11.8 Å². The number of aromatic nitrogens is 1. The number of ketones is 1. The number of nitrogens with zero attached hydrogens (tertiary/aromatic N) is 1. The maximum Gasteiger partial charge on any atom is 0.166 e. The van der Waals surface area contributed by atoms with Crippen LogP contribution in [-0.2, 0) is 6.61 Å². The summed E-state index contributed by atoms with van der Waals surface area (Å²) in [5.41, 5.74) is 4.32. The first-order chi connectivity index (χ1) is 16.3. The molecule has 1 aliphatic carbocycles. The predicted octanol–water partition coefficient (Wildman–Crippen LogP) is 6.97. The van der Waals surface area contributed by atoms with Crippen molar-refractivity contribution in [2.75, 3.05) is 5.32 Å². The third kappa shape index (κ3) is 5.21. The van der Waals surface area contributed by atoms with E-state index in [-0.39, 0.29) is 29.1 Å². The average molecular weight is 481 g/mol. The first-order valence-corrected chi connectivity index (χ1v) is 12.5. The molecule has 0 aliphatic heterocycles. The van der Waals surface area contributed by atoms with Crippen LogP contribution < -0.4 is 5.32 Å².